The SMILES string of the molecule is OCC1(O)CCCC12CCCC2O. The van der Waals surface area contributed by atoms with Crippen molar-refractivity contribution in [1.82, 2.24) is 0 Å². The van der Waals surface area contributed by atoms with Gasteiger partial charge in [-0.3, -0.25) is 0 Å². The summed E-state index contributed by atoms with van der Waals surface area (Å²) in [6, 6.07) is 0. The van der Waals surface area contributed by atoms with Crippen LogP contribution in [-0.2, 0) is 0 Å². The monoisotopic (exact) mass is 186 g/mol. The largest absolute Gasteiger partial charge is 0.393 e. The Hall–Kier alpha value is -0.120. The zero-order chi connectivity index (χ0) is 9.53. The molecule has 0 saturated heterocycles. The van der Waals surface area contributed by atoms with Crippen LogP contribution < -0.4 is 0 Å². The van der Waals surface area contributed by atoms with Crippen LogP contribution in [0.25, 0.3) is 0 Å². The standard InChI is InChI=1S/C10H18O3/c11-7-10(13)6-2-5-9(10)4-1-3-8(9)12/h8,11-13H,1-7H2. The van der Waals surface area contributed by atoms with Crippen LogP contribution in [0.4, 0.5) is 0 Å². The summed E-state index contributed by atoms with van der Waals surface area (Å²) in [5, 5.41) is 29.3. The molecular weight excluding hydrogens is 168 g/mol. The molecule has 0 aromatic carbocycles. The smallest absolute Gasteiger partial charge is 0.0957 e. The quantitative estimate of drug-likeness (QED) is 0.556. The van der Waals surface area contributed by atoms with E-state index in [1.54, 1.807) is 0 Å². The summed E-state index contributed by atoms with van der Waals surface area (Å²) in [5.41, 5.74) is -1.40. The van der Waals surface area contributed by atoms with Gasteiger partial charge < -0.3 is 15.3 Å². The summed E-state index contributed by atoms with van der Waals surface area (Å²) >= 11 is 0. The van der Waals surface area contributed by atoms with Gasteiger partial charge in [-0.15, -0.1) is 0 Å². The highest BCUT2D eigenvalue weighted by Gasteiger charge is 2.59. The zero-order valence-corrected chi connectivity index (χ0v) is 7.87. The van der Waals surface area contributed by atoms with E-state index in [4.69, 9.17) is 0 Å². The van der Waals surface area contributed by atoms with Crippen molar-refractivity contribution >= 4 is 0 Å². The van der Waals surface area contributed by atoms with E-state index in [1.807, 2.05) is 0 Å². The van der Waals surface area contributed by atoms with Gasteiger partial charge in [0.25, 0.3) is 0 Å². The van der Waals surface area contributed by atoms with E-state index in [0.29, 0.717) is 6.42 Å². The highest BCUT2D eigenvalue weighted by molar-refractivity contribution is 5.09. The van der Waals surface area contributed by atoms with E-state index in [0.717, 1.165) is 32.1 Å². The van der Waals surface area contributed by atoms with Crippen molar-refractivity contribution in [3.63, 3.8) is 0 Å². The third kappa shape index (κ3) is 1.07. The molecule has 2 rings (SSSR count). The maximum absolute atomic E-state index is 10.2. The first-order valence-electron chi connectivity index (χ1n) is 5.16. The molecule has 0 aromatic heterocycles. The number of aliphatic hydroxyl groups excluding tert-OH is 2. The van der Waals surface area contributed by atoms with Crippen molar-refractivity contribution in [1.29, 1.82) is 0 Å². The average Bonchev–Trinajstić information content (AvgIpc) is 2.63. The molecular formula is C10H18O3. The summed E-state index contributed by atoms with van der Waals surface area (Å²) in [5.74, 6) is 0. The lowest BCUT2D eigenvalue weighted by atomic mass is 9.72. The van der Waals surface area contributed by atoms with Gasteiger partial charge in [0.2, 0.25) is 0 Å². The second kappa shape index (κ2) is 2.94. The molecule has 0 bridgehead atoms. The van der Waals surface area contributed by atoms with Crippen LogP contribution in [0.2, 0.25) is 0 Å². The minimum atomic E-state index is -1.01. The van der Waals surface area contributed by atoms with Crippen molar-refractivity contribution in [2.24, 2.45) is 5.41 Å². The zero-order valence-electron chi connectivity index (χ0n) is 7.87. The van der Waals surface area contributed by atoms with Crippen LogP contribution in [0.3, 0.4) is 0 Å². The van der Waals surface area contributed by atoms with Crippen LogP contribution in [0.1, 0.15) is 38.5 Å². The van der Waals surface area contributed by atoms with E-state index in [1.165, 1.54) is 0 Å². The molecule has 76 valence electrons. The number of hydrogen-bond acceptors (Lipinski definition) is 3. The molecule has 2 saturated carbocycles. The van der Waals surface area contributed by atoms with Crippen molar-refractivity contribution < 1.29 is 15.3 Å². The van der Waals surface area contributed by atoms with E-state index in [-0.39, 0.29) is 12.0 Å². The Morgan fingerprint density at radius 1 is 1.15 bits per heavy atom. The average molecular weight is 186 g/mol. The second-order valence-electron chi connectivity index (χ2n) is 4.61. The summed E-state index contributed by atoms with van der Waals surface area (Å²) in [6.45, 7) is -0.204. The van der Waals surface area contributed by atoms with Crippen molar-refractivity contribution in [3.8, 4) is 0 Å². The van der Waals surface area contributed by atoms with Crippen LogP contribution in [-0.4, -0.2) is 33.6 Å². The highest BCUT2D eigenvalue weighted by Crippen LogP contribution is 2.56. The Morgan fingerprint density at radius 3 is 2.38 bits per heavy atom. The molecule has 2 aliphatic carbocycles. The number of aliphatic hydroxyl groups is 3. The Morgan fingerprint density at radius 2 is 1.85 bits per heavy atom. The molecule has 2 fully saturated rings. The lowest BCUT2D eigenvalue weighted by Gasteiger charge is -2.40. The first-order valence-corrected chi connectivity index (χ1v) is 5.16. The van der Waals surface area contributed by atoms with E-state index >= 15 is 0 Å². The van der Waals surface area contributed by atoms with Gasteiger partial charge in [0.1, 0.15) is 0 Å². The Kier molecular flexibility index (Phi) is 2.13. The topological polar surface area (TPSA) is 60.7 Å². The van der Waals surface area contributed by atoms with Crippen LogP contribution in [0.15, 0.2) is 0 Å². The third-order valence-electron chi connectivity index (χ3n) is 4.14. The van der Waals surface area contributed by atoms with E-state index in [9.17, 15) is 15.3 Å². The van der Waals surface area contributed by atoms with Gasteiger partial charge in [-0.05, 0) is 32.1 Å². The van der Waals surface area contributed by atoms with Crippen molar-refractivity contribution in [2.75, 3.05) is 6.61 Å². The lowest BCUT2D eigenvalue weighted by Crippen LogP contribution is -2.51. The Labute approximate surface area is 78.4 Å². The number of rotatable bonds is 1. The van der Waals surface area contributed by atoms with Gasteiger partial charge in [0, 0.05) is 5.41 Å². The van der Waals surface area contributed by atoms with E-state index < -0.39 is 11.7 Å². The van der Waals surface area contributed by atoms with Crippen molar-refractivity contribution in [3.05, 3.63) is 0 Å². The van der Waals surface area contributed by atoms with Gasteiger partial charge >= 0.3 is 0 Å². The van der Waals surface area contributed by atoms with Crippen molar-refractivity contribution in [2.45, 2.75) is 50.2 Å². The fourth-order valence-corrected chi connectivity index (χ4v) is 3.30. The fourth-order valence-electron chi connectivity index (χ4n) is 3.30. The molecule has 3 heteroatoms. The predicted molar refractivity (Wildman–Crippen MR) is 48.2 cm³/mol. The Bertz CT molecular complexity index is 202. The molecule has 0 aliphatic heterocycles. The molecule has 0 radical (unpaired) electrons. The molecule has 1 spiro atoms. The van der Waals surface area contributed by atoms with Crippen LogP contribution in [0.5, 0.6) is 0 Å². The summed E-state index contributed by atoms with van der Waals surface area (Å²) < 4.78 is 0. The van der Waals surface area contributed by atoms with Gasteiger partial charge in [-0.25, -0.2) is 0 Å². The first-order chi connectivity index (χ1) is 6.15. The molecule has 3 atom stereocenters. The molecule has 2 aliphatic rings. The normalized spacial score (nSPS) is 50.5. The summed E-state index contributed by atoms with van der Waals surface area (Å²) in [6.07, 6.45) is 4.64. The molecule has 3 unspecified atom stereocenters. The fraction of sp³-hybridized carbons (Fsp3) is 1.00. The molecule has 3 N–H and O–H groups in total. The molecule has 3 nitrogen and oxygen atoms in total. The van der Waals surface area contributed by atoms with Gasteiger partial charge in [-0.1, -0.05) is 6.42 Å². The summed E-state index contributed by atoms with van der Waals surface area (Å²) in [7, 11) is 0. The minimum absolute atomic E-state index is 0.204. The summed E-state index contributed by atoms with van der Waals surface area (Å²) in [4.78, 5) is 0. The van der Waals surface area contributed by atoms with E-state index in [2.05, 4.69) is 0 Å². The first kappa shape index (κ1) is 9.44. The predicted octanol–water partition coefficient (Wildman–Crippen LogP) is 0.425. The van der Waals surface area contributed by atoms with Crippen LogP contribution in [0, 0.1) is 5.41 Å². The molecule has 0 heterocycles. The third-order valence-corrected chi connectivity index (χ3v) is 4.14. The van der Waals surface area contributed by atoms with Gasteiger partial charge in [0.05, 0.1) is 18.3 Å². The maximum atomic E-state index is 10.2. The maximum Gasteiger partial charge on any atom is 0.0957 e. The van der Waals surface area contributed by atoms with Crippen LogP contribution >= 0.6 is 0 Å². The number of hydrogen-bond donors (Lipinski definition) is 3. The molecule has 0 amide bonds. The van der Waals surface area contributed by atoms with Gasteiger partial charge in [0.15, 0.2) is 0 Å². The van der Waals surface area contributed by atoms with Gasteiger partial charge in [-0.2, -0.15) is 0 Å². The molecule has 13 heavy (non-hydrogen) atoms. The lowest BCUT2D eigenvalue weighted by molar-refractivity contribution is -0.134. The molecule has 0 aromatic rings. The Balaban J connectivity index is 2.29. The minimum Gasteiger partial charge on any atom is -0.393 e. The second-order valence-corrected chi connectivity index (χ2v) is 4.61. The highest BCUT2D eigenvalue weighted by atomic mass is 16.3.